The lowest BCUT2D eigenvalue weighted by Crippen LogP contribution is -2.17. The number of rotatable bonds is 4. The Morgan fingerprint density at radius 1 is 1.20 bits per heavy atom. The number of fused-ring (bicyclic) bond motifs is 1. The first kappa shape index (κ1) is 16.6. The summed E-state index contributed by atoms with van der Waals surface area (Å²) in [6.07, 6.45) is -4.69. The molecule has 8 nitrogen and oxygen atoms in total. The third kappa shape index (κ3) is 3.82. The first-order valence-corrected chi connectivity index (χ1v) is 7.10. The Labute approximate surface area is 137 Å². The Bertz CT molecular complexity index is 978. The van der Waals surface area contributed by atoms with Crippen LogP contribution in [0.25, 0.3) is 10.9 Å². The van der Waals surface area contributed by atoms with Crippen LogP contribution in [0.4, 0.5) is 19.1 Å². The summed E-state index contributed by atoms with van der Waals surface area (Å²) in [7, 11) is 0. The van der Waals surface area contributed by atoms with E-state index in [4.69, 9.17) is 0 Å². The second kappa shape index (κ2) is 6.34. The highest BCUT2D eigenvalue weighted by Gasteiger charge is 2.35. The van der Waals surface area contributed by atoms with Gasteiger partial charge in [0.05, 0.1) is 10.9 Å². The van der Waals surface area contributed by atoms with Gasteiger partial charge in [-0.2, -0.15) is 18.2 Å². The molecule has 0 aliphatic carbocycles. The maximum Gasteiger partial charge on any atom is 0.451 e. The minimum Gasteiger partial charge on any atom is -0.310 e. The molecule has 0 radical (unpaired) electrons. The van der Waals surface area contributed by atoms with Crippen LogP contribution in [-0.2, 0) is 17.4 Å². The van der Waals surface area contributed by atoms with E-state index in [1.807, 2.05) is 0 Å². The SMILES string of the molecule is O=C(CCc1nc2ccccc2c(=O)[nH]1)Nc1n[nH]c(C(F)(F)F)n1. The fraction of sp³-hybridized carbons (Fsp3) is 0.214. The fourth-order valence-electron chi connectivity index (χ4n) is 2.12. The molecule has 11 heteroatoms. The van der Waals surface area contributed by atoms with Gasteiger partial charge in [0, 0.05) is 12.8 Å². The summed E-state index contributed by atoms with van der Waals surface area (Å²) >= 11 is 0. The number of nitrogens with zero attached hydrogens (tertiary/aromatic N) is 3. The highest BCUT2D eigenvalue weighted by atomic mass is 19.4. The molecule has 3 N–H and O–H groups in total. The Hall–Kier alpha value is -3.24. The molecule has 0 bridgehead atoms. The van der Waals surface area contributed by atoms with Crippen molar-refractivity contribution in [3.8, 4) is 0 Å². The number of aromatic amines is 2. The van der Waals surface area contributed by atoms with Gasteiger partial charge in [0.1, 0.15) is 5.82 Å². The number of hydrogen-bond acceptors (Lipinski definition) is 5. The number of carbonyl (C=O) groups excluding carboxylic acids is 1. The Balaban J connectivity index is 1.64. The van der Waals surface area contributed by atoms with Gasteiger partial charge in [-0.1, -0.05) is 12.1 Å². The van der Waals surface area contributed by atoms with Gasteiger partial charge in [-0.3, -0.25) is 20.0 Å². The molecule has 3 rings (SSSR count). The van der Waals surface area contributed by atoms with Gasteiger partial charge >= 0.3 is 6.18 Å². The molecule has 0 saturated carbocycles. The van der Waals surface area contributed by atoms with Crippen LogP contribution in [0.3, 0.4) is 0 Å². The third-order valence-corrected chi connectivity index (χ3v) is 3.26. The molecule has 0 aliphatic rings. The van der Waals surface area contributed by atoms with Crippen molar-refractivity contribution in [1.82, 2.24) is 25.1 Å². The van der Waals surface area contributed by atoms with Gasteiger partial charge in [0.15, 0.2) is 0 Å². The molecule has 130 valence electrons. The van der Waals surface area contributed by atoms with E-state index in [0.29, 0.717) is 16.7 Å². The predicted molar refractivity (Wildman–Crippen MR) is 80.7 cm³/mol. The maximum atomic E-state index is 12.4. The lowest BCUT2D eigenvalue weighted by atomic mass is 10.2. The minimum absolute atomic E-state index is 0.0997. The minimum atomic E-state index is -4.68. The van der Waals surface area contributed by atoms with Crippen LogP contribution < -0.4 is 10.9 Å². The van der Waals surface area contributed by atoms with Crippen LogP contribution in [0.2, 0.25) is 0 Å². The molecular weight excluding hydrogens is 341 g/mol. The third-order valence-electron chi connectivity index (χ3n) is 3.26. The van der Waals surface area contributed by atoms with E-state index in [1.54, 1.807) is 29.4 Å². The highest BCUT2D eigenvalue weighted by Crippen LogP contribution is 2.26. The van der Waals surface area contributed by atoms with E-state index in [-0.39, 0.29) is 18.4 Å². The highest BCUT2D eigenvalue weighted by molar-refractivity contribution is 5.89. The topological polar surface area (TPSA) is 116 Å². The van der Waals surface area contributed by atoms with Crippen molar-refractivity contribution in [3.63, 3.8) is 0 Å². The zero-order chi connectivity index (χ0) is 18.0. The van der Waals surface area contributed by atoms with E-state index in [2.05, 4.69) is 25.4 Å². The number of para-hydroxylation sites is 1. The summed E-state index contributed by atoms with van der Waals surface area (Å²) in [5, 5.41) is 7.53. The van der Waals surface area contributed by atoms with E-state index in [0.717, 1.165) is 0 Å². The molecule has 3 aromatic rings. The summed E-state index contributed by atoms with van der Waals surface area (Å²) in [5.74, 6) is -2.09. The van der Waals surface area contributed by atoms with E-state index in [1.165, 1.54) is 0 Å². The second-order valence-electron chi connectivity index (χ2n) is 5.08. The number of aromatic nitrogens is 5. The number of benzene rings is 1. The van der Waals surface area contributed by atoms with E-state index < -0.39 is 23.9 Å². The zero-order valence-electron chi connectivity index (χ0n) is 12.5. The van der Waals surface area contributed by atoms with Crippen LogP contribution >= 0.6 is 0 Å². The number of anilines is 1. The smallest absolute Gasteiger partial charge is 0.310 e. The zero-order valence-corrected chi connectivity index (χ0v) is 12.5. The summed E-state index contributed by atoms with van der Waals surface area (Å²) in [5.41, 5.74) is 0.162. The Morgan fingerprint density at radius 3 is 2.68 bits per heavy atom. The number of nitrogens with one attached hydrogen (secondary N) is 3. The Kier molecular flexibility index (Phi) is 4.21. The molecule has 0 spiro atoms. The largest absolute Gasteiger partial charge is 0.451 e. The van der Waals surface area contributed by atoms with Crippen molar-refractivity contribution in [2.75, 3.05) is 5.32 Å². The van der Waals surface area contributed by atoms with Gasteiger partial charge in [0.2, 0.25) is 17.7 Å². The monoisotopic (exact) mass is 352 g/mol. The molecule has 0 unspecified atom stereocenters. The predicted octanol–water partition coefficient (Wildman–Crippen LogP) is 1.63. The van der Waals surface area contributed by atoms with Crippen LogP contribution in [0, 0.1) is 0 Å². The summed E-state index contributed by atoms with van der Waals surface area (Å²) < 4.78 is 37.2. The summed E-state index contributed by atoms with van der Waals surface area (Å²) in [6, 6.07) is 6.73. The van der Waals surface area contributed by atoms with Crippen molar-refractivity contribution in [2.24, 2.45) is 0 Å². The van der Waals surface area contributed by atoms with Gasteiger partial charge in [0.25, 0.3) is 5.56 Å². The molecule has 1 aromatic carbocycles. The molecule has 0 saturated heterocycles. The summed E-state index contributed by atoms with van der Waals surface area (Å²) in [4.78, 5) is 33.6. The first-order valence-electron chi connectivity index (χ1n) is 7.10. The van der Waals surface area contributed by atoms with Crippen molar-refractivity contribution >= 4 is 22.8 Å². The number of hydrogen-bond donors (Lipinski definition) is 3. The van der Waals surface area contributed by atoms with Crippen molar-refractivity contribution in [3.05, 3.63) is 46.3 Å². The average molecular weight is 352 g/mol. The standard InChI is InChI=1S/C14H11F3N6O2/c15-14(16,17)12-21-13(23-22-12)20-10(24)6-5-9-18-8-4-2-1-3-7(8)11(25)19-9/h1-4H,5-6H2,(H,18,19,25)(H2,20,21,22,23,24). The molecule has 0 fully saturated rings. The fourth-order valence-corrected chi connectivity index (χ4v) is 2.12. The maximum absolute atomic E-state index is 12.4. The number of carbonyl (C=O) groups is 1. The quantitative estimate of drug-likeness (QED) is 0.660. The Morgan fingerprint density at radius 2 is 1.96 bits per heavy atom. The average Bonchev–Trinajstić information content (AvgIpc) is 3.02. The number of amides is 1. The first-order chi connectivity index (χ1) is 11.8. The van der Waals surface area contributed by atoms with Gasteiger partial charge in [-0.15, -0.1) is 5.10 Å². The van der Waals surface area contributed by atoms with Crippen molar-refractivity contribution in [1.29, 1.82) is 0 Å². The normalized spacial score (nSPS) is 11.6. The molecule has 0 aliphatic heterocycles. The number of H-pyrrole nitrogens is 2. The van der Waals surface area contributed by atoms with E-state index >= 15 is 0 Å². The number of halogens is 3. The molecule has 2 heterocycles. The van der Waals surface area contributed by atoms with Gasteiger partial charge in [-0.05, 0) is 12.1 Å². The van der Waals surface area contributed by atoms with Crippen molar-refractivity contribution < 1.29 is 18.0 Å². The number of aryl methyl sites for hydroxylation is 1. The van der Waals surface area contributed by atoms with Gasteiger partial charge in [-0.25, -0.2) is 4.98 Å². The molecule has 1 amide bonds. The number of alkyl halides is 3. The van der Waals surface area contributed by atoms with Crippen LogP contribution in [0.5, 0.6) is 0 Å². The van der Waals surface area contributed by atoms with E-state index in [9.17, 15) is 22.8 Å². The van der Waals surface area contributed by atoms with Gasteiger partial charge < -0.3 is 4.98 Å². The second-order valence-corrected chi connectivity index (χ2v) is 5.08. The lowest BCUT2D eigenvalue weighted by Gasteiger charge is -2.03. The molecule has 25 heavy (non-hydrogen) atoms. The van der Waals surface area contributed by atoms with Crippen LogP contribution in [-0.4, -0.2) is 31.1 Å². The molecule has 0 atom stereocenters. The molecule has 2 aromatic heterocycles. The van der Waals surface area contributed by atoms with Crippen LogP contribution in [0.1, 0.15) is 18.1 Å². The van der Waals surface area contributed by atoms with Crippen LogP contribution in [0.15, 0.2) is 29.1 Å². The summed E-state index contributed by atoms with van der Waals surface area (Å²) in [6.45, 7) is 0. The van der Waals surface area contributed by atoms with Crippen molar-refractivity contribution in [2.45, 2.75) is 19.0 Å². The lowest BCUT2D eigenvalue weighted by molar-refractivity contribution is -0.144. The molecular formula is C14H11F3N6O2.